The second kappa shape index (κ2) is 5.72. The van der Waals surface area contributed by atoms with E-state index in [-0.39, 0.29) is 5.82 Å². The van der Waals surface area contributed by atoms with E-state index in [2.05, 4.69) is 15.3 Å². The second-order valence-corrected chi connectivity index (χ2v) is 6.33. The van der Waals surface area contributed by atoms with Crippen LogP contribution >= 0.6 is 22.9 Å². The molecule has 2 aromatic heterocycles. The molecule has 0 aliphatic rings. The second-order valence-electron chi connectivity index (χ2n) is 4.97. The third kappa shape index (κ3) is 2.60. The lowest BCUT2D eigenvalue weighted by molar-refractivity contribution is 0.630. The van der Waals surface area contributed by atoms with Gasteiger partial charge in [-0.15, -0.1) is 10.2 Å². The highest BCUT2D eigenvalue weighted by Gasteiger charge is 2.16. The van der Waals surface area contributed by atoms with Crippen LogP contribution in [0.2, 0.25) is 5.02 Å². The van der Waals surface area contributed by atoms with Crippen molar-refractivity contribution in [2.45, 2.75) is 6.42 Å². The minimum absolute atomic E-state index is 0.301. The fraction of sp³-hybridized carbons (Fsp3) is 0.0625. The van der Waals surface area contributed by atoms with E-state index in [4.69, 9.17) is 11.6 Å². The van der Waals surface area contributed by atoms with Gasteiger partial charge in [0, 0.05) is 17.0 Å². The first-order valence-corrected chi connectivity index (χ1v) is 8.11. The summed E-state index contributed by atoms with van der Waals surface area (Å²) in [6.07, 6.45) is 0.515. The number of nitrogens with zero attached hydrogens (tertiary/aromatic N) is 4. The summed E-state index contributed by atoms with van der Waals surface area (Å²) in [4.78, 5) is 0.630. The molecule has 2 heterocycles. The van der Waals surface area contributed by atoms with Crippen molar-refractivity contribution in [2.24, 2.45) is 0 Å². The van der Waals surface area contributed by atoms with Crippen molar-refractivity contribution in [1.29, 1.82) is 0 Å². The SMILES string of the molecule is Fc1ccccc1-c1nn2c(Cc3ccccc3Cl)nnc2s1. The van der Waals surface area contributed by atoms with Gasteiger partial charge in [0.25, 0.3) is 0 Å². The van der Waals surface area contributed by atoms with Crippen LogP contribution in [-0.4, -0.2) is 19.8 Å². The van der Waals surface area contributed by atoms with E-state index in [1.807, 2.05) is 24.3 Å². The highest BCUT2D eigenvalue weighted by Crippen LogP contribution is 2.28. The average Bonchev–Trinajstić information content (AvgIpc) is 3.12. The molecule has 0 aliphatic heterocycles. The van der Waals surface area contributed by atoms with E-state index >= 15 is 0 Å². The van der Waals surface area contributed by atoms with Gasteiger partial charge in [0.1, 0.15) is 5.82 Å². The normalized spacial score (nSPS) is 11.2. The van der Waals surface area contributed by atoms with Crippen LogP contribution in [0.5, 0.6) is 0 Å². The average molecular weight is 345 g/mol. The number of hydrogen-bond acceptors (Lipinski definition) is 4. The summed E-state index contributed by atoms with van der Waals surface area (Å²) >= 11 is 7.49. The van der Waals surface area contributed by atoms with Gasteiger partial charge < -0.3 is 0 Å². The Kier molecular flexibility index (Phi) is 3.55. The molecule has 4 nitrogen and oxygen atoms in total. The highest BCUT2D eigenvalue weighted by atomic mass is 35.5. The van der Waals surface area contributed by atoms with Crippen LogP contribution in [-0.2, 0) is 6.42 Å². The lowest BCUT2D eigenvalue weighted by Crippen LogP contribution is -1.98. The Morgan fingerprint density at radius 3 is 2.65 bits per heavy atom. The molecule has 0 aliphatic carbocycles. The van der Waals surface area contributed by atoms with Crippen molar-refractivity contribution in [3.63, 3.8) is 0 Å². The number of fused-ring (bicyclic) bond motifs is 1. The van der Waals surface area contributed by atoms with Crippen molar-refractivity contribution in [3.8, 4) is 10.6 Å². The zero-order valence-corrected chi connectivity index (χ0v) is 13.4. The molecule has 0 saturated heterocycles. The van der Waals surface area contributed by atoms with Crippen molar-refractivity contribution in [1.82, 2.24) is 19.8 Å². The standard InChI is InChI=1S/C16H10ClFN4S/c17-12-7-3-1-5-10(12)9-14-19-20-16-22(14)21-15(23-16)11-6-2-4-8-13(11)18/h1-8H,9H2. The van der Waals surface area contributed by atoms with Gasteiger partial charge >= 0.3 is 0 Å². The maximum atomic E-state index is 13.9. The molecule has 4 rings (SSSR count). The van der Waals surface area contributed by atoms with E-state index in [9.17, 15) is 4.39 Å². The molecule has 0 radical (unpaired) electrons. The van der Waals surface area contributed by atoms with E-state index < -0.39 is 0 Å². The number of rotatable bonds is 3. The molecule has 2 aromatic carbocycles. The van der Waals surface area contributed by atoms with E-state index in [1.165, 1.54) is 17.4 Å². The summed E-state index contributed by atoms with van der Waals surface area (Å²) < 4.78 is 15.6. The van der Waals surface area contributed by atoms with E-state index in [1.54, 1.807) is 22.7 Å². The number of benzene rings is 2. The molecule has 0 unspecified atom stereocenters. The molecule has 0 fully saturated rings. The van der Waals surface area contributed by atoms with Crippen LogP contribution in [0.4, 0.5) is 4.39 Å². The largest absolute Gasteiger partial charge is 0.234 e. The Hall–Kier alpha value is -2.31. The smallest absolute Gasteiger partial charge is 0.206 e. The maximum absolute atomic E-state index is 13.9. The quantitative estimate of drug-likeness (QED) is 0.558. The van der Waals surface area contributed by atoms with Gasteiger partial charge in [0.2, 0.25) is 4.96 Å². The van der Waals surface area contributed by atoms with Crippen LogP contribution in [0.3, 0.4) is 0 Å². The summed E-state index contributed by atoms with van der Waals surface area (Å²) in [5.41, 5.74) is 1.41. The van der Waals surface area contributed by atoms with Crippen molar-refractivity contribution >= 4 is 27.9 Å². The van der Waals surface area contributed by atoms with Gasteiger partial charge in [-0.3, -0.25) is 0 Å². The number of halogens is 2. The molecule has 4 aromatic rings. The zero-order valence-electron chi connectivity index (χ0n) is 11.8. The van der Waals surface area contributed by atoms with Crippen LogP contribution < -0.4 is 0 Å². The van der Waals surface area contributed by atoms with Crippen molar-refractivity contribution < 1.29 is 4.39 Å². The number of hydrogen-bond donors (Lipinski definition) is 0. The molecule has 0 N–H and O–H groups in total. The molecular weight excluding hydrogens is 335 g/mol. The summed E-state index contributed by atoms with van der Waals surface area (Å²) in [5, 5.41) is 14.0. The van der Waals surface area contributed by atoms with Gasteiger partial charge in [0.15, 0.2) is 10.8 Å². The summed E-state index contributed by atoms with van der Waals surface area (Å²) in [7, 11) is 0. The zero-order chi connectivity index (χ0) is 15.8. The van der Waals surface area contributed by atoms with Crippen molar-refractivity contribution in [2.75, 3.05) is 0 Å². The Labute approximate surface area is 140 Å². The maximum Gasteiger partial charge on any atom is 0.234 e. The Morgan fingerprint density at radius 1 is 1.04 bits per heavy atom. The summed E-state index contributed by atoms with van der Waals surface area (Å²) in [6.45, 7) is 0. The highest BCUT2D eigenvalue weighted by molar-refractivity contribution is 7.19. The van der Waals surface area contributed by atoms with Gasteiger partial charge in [-0.05, 0) is 23.8 Å². The third-order valence-electron chi connectivity index (χ3n) is 3.47. The summed E-state index contributed by atoms with van der Waals surface area (Å²) in [6, 6.07) is 14.1. The first-order chi connectivity index (χ1) is 11.2. The molecule has 0 saturated carbocycles. The first kappa shape index (κ1) is 14.3. The van der Waals surface area contributed by atoms with Crippen LogP contribution in [0.1, 0.15) is 11.4 Å². The first-order valence-electron chi connectivity index (χ1n) is 6.92. The van der Waals surface area contributed by atoms with Crippen molar-refractivity contribution in [3.05, 3.63) is 70.8 Å². The lowest BCUT2D eigenvalue weighted by atomic mass is 10.1. The van der Waals surface area contributed by atoms with Gasteiger partial charge in [0.05, 0.1) is 0 Å². The lowest BCUT2D eigenvalue weighted by Gasteiger charge is -2.01. The Balaban J connectivity index is 1.76. The van der Waals surface area contributed by atoms with E-state index in [0.29, 0.717) is 32.8 Å². The monoisotopic (exact) mass is 344 g/mol. The minimum Gasteiger partial charge on any atom is -0.206 e. The van der Waals surface area contributed by atoms with Gasteiger partial charge in [-0.25, -0.2) is 4.39 Å². The Morgan fingerprint density at radius 2 is 1.83 bits per heavy atom. The van der Waals surface area contributed by atoms with Crippen LogP contribution in [0, 0.1) is 5.82 Å². The molecule has 0 amide bonds. The predicted octanol–water partition coefficient (Wildman–Crippen LogP) is 4.24. The molecule has 0 spiro atoms. The third-order valence-corrected chi connectivity index (χ3v) is 4.77. The van der Waals surface area contributed by atoms with Crippen LogP contribution in [0.25, 0.3) is 15.5 Å². The molecule has 23 heavy (non-hydrogen) atoms. The number of aromatic nitrogens is 4. The van der Waals surface area contributed by atoms with E-state index in [0.717, 1.165) is 5.56 Å². The topological polar surface area (TPSA) is 43.1 Å². The Bertz CT molecular complexity index is 995. The molecule has 0 atom stereocenters. The van der Waals surface area contributed by atoms with Gasteiger partial charge in [-0.1, -0.05) is 53.3 Å². The molecule has 0 bridgehead atoms. The molecule has 114 valence electrons. The molecule has 7 heteroatoms. The fourth-order valence-corrected chi connectivity index (χ4v) is 3.41. The fourth-order valence-electron chi connectivity index (χ4n) is 2.32. The van der Waals surface area contributed by atoms with Gasteiger partial charge in [-0.2, -0.15) is 9.61 Å². The minimum atomic E-state index is -0.301. The van der Waals surface area contributed by atoms with Crippen LogP contribution in [0.15, 0.2) is 48.5 Å². The molecular formula is C16H10ClFN4S. The predicted molar refractivity (Wildman–Crippen MR) is 88.3 cm³/mol. The summed E-state index contributed by atoms with van der Waals surface area (Å²) in [5.74, 6) is 0.372.